The molecule has 2 aromatic rings. The number of amides is 2. The fourth-order valence-electron chi connectivity index (χ4n) is 2.14. The molecule has 0 saturated heterocycles. The SMILES string of the molecule is CC(C)COc1cccc(C(=O)NCCNC(=O)c2ccccc2)c1. The highest BCUT2D eigenvalue weighted by Gasteiger charge is 2.08. The topological polar surface area (TPSA) is 67.4 Å². The van der Waals surface area contributed by atoms with Crippen LogP contribution in [-0.2, 0) is 0 Å². The smallest absolute Gasteiger partial charge is 0.251 e. The van der Waals surface area contributed by atoms with Crippen LogP contribution in [0.5, 0.6) is 5.75 Å². The average Bonchev–Trinajstić information content (AvgIpc) is 2.64. The summed E-state index contributed by atoms with van der Waals surface area (Å²) in [6.45, 7) is 5.47. The predicted molar refractivity (Wildman–Crippen MR) is 97.9 cm³/mol. The molecule has 0 saturated carbocycles. The molecular weight excluding hydrogens is 316 g/mol. The molecular formula is C20H24N2O3. The minimum absolute atomic E-state index is 0.154. The van der Waals surface area contributed by atoms with Crippen LogP contribution >= 0.6 is 0 Å². The van der Waals surface area contributed by atoms with Gasteiger partial charge in [0.25, 0.3) is 11.8 Å². The number of carbonyl (C=O) groups is 2. The van der Waals surface area contributed by atoms with Gasteiger partial charge in [0.1, 0.15) is 5.75 Å². The Kier molecular flexibility index (Phi) is 7.01. The van der Waals surface area contributed by atoms with Crippen LogP contribution in [0.1, 0.15) is 34.6 Å². The van der Waals surface area contributed by atoms with Crippen molar-refractivity contribution in [1.82, 2.24) is 10.6 Å². The molecule has 2 rings (SSSR count). The molecule has 0 bridgehead atoms. The lowest BCUT2D eigenvalue weighted by atomic mass is 10.2. The number of hydrogen-bond donors (Lipinski definition) is 2. The minimum Gasteiger partial charge on any atom is -0.493 e. The summed E-state index contributed by atoms with van der Waals surface area (Å²) >= 11 is 0. The van der Waals surface area contributed by atoms with Gasteiger partial charge < -0.3 is 15.4 Å². The van der Waals surface area contributed by atoms with Gasteiger partial charge in [-0.1, -0.05) is 38.1 Å². The van der Waals surface area contributed by atoms with Crippen LogP contribution in [0.4, 0.5) is 0 Å². The molecule has 5 heteroatoms. The molecule has 0 spiro atoms. The van der Waals surface area contributed by atoms with E-state index in [1.54, 1.807) is 30.3 Å². The highest BCUT2D eigenvalue weighted by atomic mass is 16.5. The van der Waals surface area contributed by atoms with Crippen molar-refractivity contribution in [3.63, 3.8) is 0 Å². The zero-order valence-electron chi connectivity index (χ0n) is 14.6. The summed E-state index contributed by atoms with van der Waals surface area (Å²) in [4.78, 5) is 24.1. The van der Waals surface area contributed by atoms with Crippen molar-refractivity contribution in [2.75, 3.05) is 19.7 Å². The molecule has 2 N–H and O–H groups in total. The first-order valence-corrected chi connectivity index (χ1v) is 8.40. The standard InChI is InChI=1S/C20H24N2O3/c1-15(2)14-25-18-10-6-9-17(13-18)20(24)22-12-11-21-19(23)16-7-4-3-5-8-16/h3-10,13,15H,11-12,14H2,1-2H3,(H,21,23)(H,22,24). The first-order chi connectivity index (χ1) is 12.1. The molecule has 0 atom stereocenters. The maximum Gasteiger partial charge on any atom is 0.251 e. The van der Waals surface area contributed by atoms with Crippen LogP contribution in [0.2, 0.25) is 0 Å². The van der Waals surface area contributed by atoms with Crippen LogP contribution in [-0.4, -0.2) is 31.5 Å². The van der Waals surface area contributed by atoms with E-state index in [4.69, 9.17) is 4.74 Å². The minimum atomic E-state index is -0.191. The lowest BCUT2D eigenvalue weighted by Crippen LogP contribution is -2.34. The van der Waals surface area contributed by atoms with E-state index in [9.17, 15) is 9.59 Å². The molecule has 25 heavy (non-hydrogen) atoms. The summed E-state index contributed by atoms with van der Waals surface area (Å²) in [6, 6.07) is 16.1. The van der Waals surface area contributed by atoms with Crippen molar-refractivity contribution in [3.8, 4) is 5.75 Å². The maximum absolute atomic E-state index is 12.2. The van der Waals surface area contributed by atoms with Crippen LogP contribution in [0, 0.1) is 5.92 Å². The Bertz CT molecular complexity index is 699. The van der Waals surface area contributed by atoms with Crippen molar-refractivity contribution in [1.29, 1.82) is 0 Å². The molecule has 0 aliphatic heterocycles. The van der Waals surface area contributed by atoms with E-state index in [2.05, 4.69) is 24.5 Å². The summed E-state index contributed by atoms with van der Waals surface area (Å²) in [7, 11) is 0. The number of rotatable bonds is 8. The third-order valence-electron chi connectivity index (χ3n) is 3.41. The number of nitrogens with one attached hydrogen (secondary N) is 2. The lowest BCUT2D eigenvalue weighted by Gasteiger charge is -2.10. The first-order valence-electron chi connectivity index (χ1n) is 8.40. The van der Waals surface area contributed by atoms with E-state index < -0.39 is 0 Å². The Morgan fingerprint density at radius 2 is 1.48 bits per heavy atom. The zero-order chi connectivity index (χ0) is 18.1. The lowest BCUT2D eigenvalue weighted by molar-refractivity contribution is 0.0927. The van der Waals surface area contributed by atoms with E-state index in [1.165, 1.54) is 0 Å². The van der Waals surface area contributed by atoms with Crippen LogP contribution in [0.3, 0.4) is 0 Å². The molecule has 0 aliphatic rings. The summed E-state index contributed by atoms with van der Waals surface area (Å²) in [5.74, 6) is 0.757. The fourth-order valence-corrected chi connectivity index (χ4v) is 2.14. The third-order valence-corrected chi connectivity index (χ3v) is 3.41. The normalized spacial score (nSPS) is 10.4. The van der Waals surface area contributed by atoms with Gasteiger partial charge in [-0.25, -0.2) is 0 Å². The Morgan fingerprint density at radius 3 is 2.12 bits per heavy atom. The average molecular weight is 340 g/mol. The fraction of sp³-hybridized carbons (Fsp3) is 0.300. The van der Waals surface area contributed by atoms with Gasteiger partial charge in [-0.2, -0.15) is 0 Å². The number of ether oxygens (including phenoxy) is 1. The number of hydrogen-bond acceptors (Lipinski definition) is 3. The van der Waals surface area contributed by atoms with Gasteiger partial charge in [-0.15, -0.1) is 0 Å². The maximum atomic E-state index is 12.2. The monoisotopic (exact) mass is 340 g/mol. The Balaban J connectivity index is 1.76. The molecule has 5 nitrogen and oxygen atoms in total. The highest BCUT2D eigenvalue weighted by Crippen LogP contribution is 2.14. The molecule has 0 aliphatic carbocycles. The molecule has 0 aromatic heterocycles. The molecule has 0 unspecified atom stereocenters. The van der Waals surface area contributed by atoms with E-state index in [0.29, 0.717) is 42.5 Å². The first kappa shape index (κ1) is 18.5. The van der Waals surface area contributed by atoms with Gasteiger partial charge in [0, 0.05) is 24.2 Å². The van der Waals surface area contributed by atoms with Crippen molar-refractivity contribution in [2.45, 2.75) is 13.8 Å². The Labute approximate surface area is 148 Å². The van der Waals surface area contributed by atoms with E-state index >= 15 is 0 Å². The molecule has 0 fully saturated rings. The summed E-state index contributed by atoms with van der Waals surface area (Å²) < 4.78 is 5.63. The van der Waals surface area contributed by atoms with Crippen LogP contribution in [0.15, 0.2) is 54.6 Å². The van der Waals surface area contributed by atoms with Gasteiger partial charge >= 0.3 is 0 Å². The van der Waals surface area contributed by atoms with Gasteiger partial charge in [0.15, 0.2) is 0 Å². The largest absolute Gasteiger partial charge is 0.493 e. The number of carbonyl (C=O) groups excluding carboxylic acids is 2. The number of benzene rings is 2. The molecule has 2 amide bonds. The van der Waals surface area contributed by atoms with Crippen molar-refractivity contribution in [3.05, 3.63) is 65.7 Å². The van der Waals surface area contributed by atoms with Gasteiger partial charge in [0.2, 0.25) is 0 Å². The summed E-state index contributed by atoms with van der Waals surface area (Å²) in [6.07, 6.45) is 0. The molecule has 132 valence electrons. The zero-order valence-corrected chi connectivity index (χ0v) is 14.6. The van der Waals surface area contributed by atoms with Gasteiger partial charge in [-0.05, 0) is 36.2 Å². The second kappa shape index (κ2) is 9.47. The summed E-state index contributed by atoms with van der Waals surface area (Å²) in [5.41, 5.74) is 1.14. The van der Waals surface area contributed by atoms with E-state index in [1.807, 2.05) is 24.3 Å². The molecule has 0 radical (unpaired) electrons. The van der Waals surface area contributed by atoms with Crippen molar-refractivity contribution >= 4 is 11.8 Å². The Morgan fingerprint density at radius 1 is 0.880 bits per heavy atom. The van der Waals surface area contributed by atoms with E-state index in [0.717, 1.165) is 0 Å². The third kappa shape index (κ3) is 6.30. The quantitative estimate of drug-likeness (QED) is 0.726. The Hall–Kier alpha value is -2.82. The van der Waals surface area contributed by atoms with Crippen molar-refractivity contribution < 1.29 is 14.3 Å². The highest BCUT2D eigenvalue weighted by molar-refractivity contribution is 5.95. The van der Waals surface area contributed by atoms with Crippen LogP contribution < -0.4 is 15.4 Å². The predicted octanol–water partition coefficient (Wildman–Crippen LogP) is 2.88. The van der Waals surface area contributed by atoms with Crippen LogP contribution in [0.25, 0.3) is 0 Å². The second-order valence-electron chi connectivity index (χ2n) is 6.11. The molecule has 2 aromatic carbocycles. The second-order valence-corrected chi connectivity index (χ2v) is 6.11. The van der Waals surface area contributed by atoms with Gasteiger partial charge in [0.05, 0.1) is 6.61 Å². The van der Waals surface area contributed by atoms with E-state index in [-0.39, 0.29) is 11.8 Å². The van der Waals surface area contributed by atoms with Gasteiger partial charge in [-0.3, -0.25) is 9.59 Å². The molecule has 0 heterocycles. The van der Waals surface area contributed by atoms with Crippen molar-refractivity contribution in [2.24, 2.45) is 5.92 Å². The summed E-state index contributed by atoms with van der Waals surface area (Å²) in [5, 5.41) is 5.56.